The van der Waals surface area contributed by atoms with Crippen molar-refractivity contribution in [1.82, 2.24) is 20.1 Å². The predicted octanol–water partition coefficient (Wildman–Crippen LogP) is 5.71. The van der Waals surface area contributed by atoms with Crippen LogP contribution in [0.2, 0.25) is 0 Å². The smallest absolute Gasteiger partial charge is 0.293 e. The molecule has 4 aromatic rings. The fourth-order valence-corrected chi connectivity index (χ4v) is 5.95. The number of pyridine rings is 1. The van der Waals surface area contributed by atoms with E-state index in [4.69, 9.17) is 5.73 Å². The summed E-state index contributed by atoms with van der Waals surface area (Å²) in [4.78, 5) is 29.4. The number of amides is 2. The Bertz CT molecular complexity index is 1790. The Morgan fingerprint density at radius 2 is 1.77 bits per heavy atom. The van der Waals surface area contributed by atoms with Gasteiger partial charge in [0.25, 0.3) is 18.3 Å². The molecule has 6 rings (SSSR count). The molecule has 0 spiro atoms. The van der Waals surface area contributed by atoms with Crippen LogP contribution in [0.3, 0.4) is 0 Å². The van der Waals surface area contributed by atoms with E-state index in [1.54, 1.807) is 0 Å². The maximum Gasteiger partial charge on any atom is 0.293 e. The third kappa shape index (κ3) is 5.18. The second kappa shape index (κ2) is 10.8. The highest BCUT2D eigenvalue weighted by atomic mass is 19.3. The van der Waals surface area contributed by atoms with Gasteiger partial charge in [-0.3, -0.25) is 19.3 Å². The number of alkyl halides is 4. The average Bonchev–Trinajstić information content (AvgIpc) is 3.61. The van der Waals surface area contributed by atoms with E-state index in [1.807, 2.05) is 0 Å². The SMILES string of the molecule is NC(=O)c1cc(-c2cccnc2[C@H](Cc2cc(F)cc(F)c2)NC(=O)Cn2nc(C(F)F)c3c2C(F)(F)[C@H]2C[C@@H]32)ccc1F. The zero-order valence-electron chi connectivity index (χ0n) is 22.5. The largest absolute Gasteiger partial charge is 0.366 e. The van der Waals surface area contributed by atoms with Crippen molar-refractivity contribution in [3.63, 3.8) is 0 Å². The molecule has 1 saturated carbocycles. The van der Waals surface area contributed by atoms with E-state index < -0.39 is 83.0 Å². The average molecular weight is 618 g/mol. The van der Waals surface area contributed by atoms with Crippen molar-refractivity contribution >= 4 is 11.8 Å². The molecule has 0 radical (unpaired) electrons. The van der Waals surface area contributed by atoms with Crippen LogP contribution in [0.4, 0.5) is 30.7 Å². The molecular weight excluding hydrogens is 595 g/mol. The number of nitrogens with one attached hydrogen (secondary N) is 1. The normalized spacial score (nSPS) is 18.5. The Morgan fingerprint density at radius 3 is 2.45 bits per heavy atom. The van der Waals surface area contributed by atoms with Gasteiger partial charge < -0.3 is 11.1 Å². The van der Waals surface area contributed by atoms with E-state index in [9.17, 15) is 31.5 Å². The highest BCUT2D eigenvalue weighted by Crippen LogP contribution is 2.68. The molecule has 3 atom stereocenters. The van der Waals surface area contributed by atoms with Gasteiger partial charge in [-0.2, -0.15) is 13.9 Å². The van der Waals surface area contributed by atoms with E-state index in [-0.39, 0.29) is 40.8 Å². The van der Waals surface area contributed by atoms with E-state index in [1.165, 1.54) is 30.5 Å². The molecule has 0 bridgehead atoms. The minimum Gasteiger partial charge on any atom is -0.366 e. The number of nitrogens with two attached hydrogens (primary N) is 1. The zero-order chi connectivity index (χ0) is 31.5. The van der Waals surface area contributed by atoms with Crippen LogP contribution in [0, 0.1) is 23.4 Å². The molecular formula is C30H22F7N5O2. The van der Waals surface area contributed by atoms with Crippen molar-refractivity contribution in [1.29, 1.82) is 0 Å². The lowest BCUT2D eigenvalue weighted by Gasteiger charge is -2.22. The number of nitrogens with zero attached hydrogens (tertiary/aromatic N) is 3. The van der Waals surface area contributed by atoms with Gasteiger partial charge >= 0.3 is 0 Å². The topological polar surface area (TPSA) is 103 Å². The van der Waals surface area contributed by atoms with Crippen LogP contribution in [0.15, 0.2) is 54.7 Å². The van der Waals surface area contributed by atoms with Gasteiger partial charge in [-0.15, -0.1) is 0 Å². The Labute approximate surface area is 244 Å². The van der Waals surface area contributed by atoms with Crippen molar-refractivity contribution in [3.05, 3.63) is 106 Å². The second-order valence-corrected chi connectivity index (χ2v) is 10.8. The lowest BCUT2D eigenvalue weighted by Crippen LogP contribution is -2.35. The second-order valence-electron chi connectivity index (χ2n) is 10.8. The molecule has 0 aliphatic heterocycles. The molecule has 228 valence electrons. The van der Waals surface area contributed by atoms with Gasteiger partial charge in [0.2, 0.25) is 5.91 Å². The molecule has 0 saturated heterocycles. The van der Waals surface area contributed by atoms with Crippen LogP contribution >= 0.6 is 0 Å². The molecule has 2 aliphatic rings. The first-order chi connectivity index (χ1) is 20.8. The Balaban J connectivity index is 1.37. The van der Waals surface area contributed by atoms with Crippen LogP contribution in [0.5, 0.6) is 0 Å². The first kappa shape index (κ1) is 29.3. The summed E-state index contributed by atoms with van der Waals surface area (Å²) in [5, 5.41) is 6.26. The Morgan fingerprint density at radius 1 is 1.05 bits per heavy atom. The van der Waals surface area contributed by atoms with Crippen molar-refractivity contribution in [3.8, 4) is 11.1 Å². The van der Waals surface area contributed by atoms with Crippen LogP contribution < -0.4 is 11.1 Å². The van der Waals surface area contributed by atoms with Gasteiger partial charge in [-0.25, -0.2) is 22.0 Å². The minimum atomic E-state index is -3.45. The summed E-state index contributed by atoms with van der Waals surface area (Å²) < 4.78 is 100. The summed E-state index contributed by atoms with van der Waals surface area (Å²) in [7, 11) is 0. The molecule has 7 nitrogen and oxygen atoms in total. The molecule has 14 heteroatoms. The monoisotopic (exact) mass is 617 g/mol. The summed E-state index contributed by atoms with van der Waals surface area (Å²) in [5.41, 5.74) is 3.85. The molecule has 3 N–H and O–H groups in total. The van der Waals surface area contributed by atoms with Gasteiger partial charge in [-0.05, 0) is 60.2 Å². The Kier molecular flexibility index (Phi) is 7.17. The molecule has 44 heavy (non-hydrogen) atoms. The summed E-state index contributed by atoms with van der Waals surface area (Å²) in [6, 6.07) is 8.08. The number of aromatic nitrogens is 3. The number of benzene rings is 2. The van der Waals surface area contributed by atoms with Gasteiger partial charge in [0.1, 0.15) is 35.4 Å². The minimum absolute atomic E-state index is 0.0488. The third-order valence-corrected chi connectivity index (χ3v) is 7.87. The number of hydrogen-bond donors (Lipinski definition) is 2. The van der Waals surface area contributed by atoms with Crippen molar-refractivity contribution in [2.75, 3.05) is 0 Å². The number of primary amides is 1. The maximum absolute atomic E-state index is 15.0. The van der Waals surface area contributed by atoms with Crippen LogP contribution in [0.1, 0.15) is 63.4 Å². The lowest BCUT2D eigenvalue weighted by atomic mass is 9.94. The van der Waals surface area contributed by atoms with Crippen LogP contribution in [-0.4, -0.2) is 26.6 Å². The molecule has 1 fully saturated rings. The predicted molar refractivity (Wildman–Crippen MR) is 141 cm³/mol. The van der Waals surface area contributed by atoms with Crippen LogP contribution in [-0.2, 0) is 23.7 Å². The van der Waals surface area contributed by atoms with Gasteiger partial charge in [0.05, 0.1) is 17.3 Å². The first-order valence-electron chi connectivity index (χ1n) is 13.4. The summed E-state index contributed by atoms with van der Waals surface area (Å²) in [6.07, 6.45) is -1.98. The number of hydrogen-bond acceptors (Lipinski definition) is 4. The quantitative estimate of drug-likeness (QED) is 0.235. The van der Waals surface area contributed by atoms with Crippen molar-refractivity contribution in [2.24, 2.45) is 11.7 Å². The van der Waals surface area contributed by atoms with E-state index in [0.29, 0.717) is 10.7 Å². The number of fused-ring (bicyclic) bond motifs is 3. The number of rotatable bonds is 9. The molecule has 2 aliphatic carbocycles. The molecule has 2 amide bonds. The van der Waals surface area contributed by atoms with Crippen LogP contribution in [0.25, 0.3) is 11.1 Å². The summed E-state index contributed by atoms with van der Waals surface area (Å²) in [5.74, 6) is -9.98. The number of halogens is 7. The van der Waals surface area contributed by atoms with Crippen molar-refractivity contribution < 1.29 is 40.3 Å². The van der Waals surface area contributed by atoms with Gasteiger partial charge in [-0.1, -0.05) is 12.1 Å². The fraction of sp³-hybridized carbons (Fsp3) is 0.267. The highest BCUT2D eigenvalue weighted by Gasteiger charge is 2.67. The summed E-state index contributed by atoms with van der Waals surface area (Å²) in [6.45, 7) is -0.858. The number of carbonyl (C=O) groups excluding carboxylic acids is 2. The van der Waals surface area contributed by atoms with E-state index >= 15 is 8.78 Å². The van der Waals surface area contributed by atoms with E-state index in [2.05, 4.69) is 15.4 Å². The molecule has 0 unspecified atom stereocenters. The Hall–Kier alpha value is -4.75. The molecule has 2 aromatic heterocycles. The van der Waals surface area contributed by atoms with Crippen molar-refractivity contribution in [2.45, 2.75) is 43.7 Å². The zero-order valence-corrected chi connectivity index (χ0v) is 22.5. The third-order valence-electron chi connectivity index (χ3n) is 7.87. The standard InChI is InChI=1S/C30H22F7N5O2/c31-15-6-13(7-16(32)10-15)8-22(25-17(2-1-5-39-25)14-3-4-21(33)19(9-14)29(38)44)40-23(43)12-42-27-24(26(41-42)28(34)35)18-11-20(18)30(27,36)37/h1-7,9-10,18,20,22,28H,8,11-12H2,(H2,38,44)(H,40,43)/t18-,20+,22+/m1/s1. The maximum atomic E-state index is 15.0. The first-order valence-corrected chi connectivity index (χ1v) is 13.4. The lowest BCUT2D eigenvalue weighted by molar-refractivity contribution is -0.123. The molecule has 2 aromatic carbocycles. The fourth-order valence-electron chi connectivity index (χ4n) is 5.95. The highest BCUT2D eigenvalue weighted by molar-refractivity contribution is 5.94. The van der Waals surface area contributed by atoms with Gasteiger partial charge in [0, 0.05) is 29.3 Å². The van der Waals surface area contributed by atoms with Gasteiger partial charge in [0.15, 0.2) is 0 Å². The summed E-state index contributed by atoms with van der Waals surface area (Å²) >= 11 is 0. The molecule has 2 heterocycles. The van der Waals surface area contributed by atoms with E-state index in [0.717, 1.165) is 18.2 Å². The number of carbonyl (C=O) groups is 2.